The summed E-state index contributed by atoms with van der Waals surface area (Å²) in [4.78, 5) is 0. The van der Waals surface area contributed by atoms with Gasteiger partial charge in [0.2, 0.25) is 0 Å². The fourth-order valence-electron chi connectivity index (χ4n) is 9.93. The molecule has 0 saturated heterocycles. The molecule has 0 unspecified atom stereocenters. The van der Waals surface area contributed by atoms with Crippen molar-refractivity contribution in [3.05, 3.63) is 209 Å². The van der Waals surface area contributed by atoms with Crippen LogP contribution in [0, 0.1) is 83.1 Å². The first-order chi connectivity index (χ1) is 25.9. The Bertz CT molecular complexity index is 1980. The molecule has 0 N–H and O–H groups in total. The average Bonchev–Trinajstić information content (AvgIpc) is 3.14. The molecule has 0 aliphatic heterocycles. The maximum atomic E-state index is 2.67. The van der Waals surface area contributed by atoms with E-state index in [9.17, 15) is 0 Å². The Morgan fingerprint density at radius 1 is 0.255 bits per heavy atom. The third-order valence-electron chi connectivity index (χ3n) is 13.9. The zero-order valence-electron chi connectivity index (χ0n) is 36.3. The van der Waals surface area contributed by atoms with E-state index in [0.29, 0.717) is 0 Å². The van der Waals surface area contributed by atoms with Gasteiger partial charge in [-0.25, -0.2) is 0 Å². The van der Waals surface area contributed by atoms with E-state index in [4.69, 9.17) is 0 Å². The van der Waals surface area contributed by atoms with Crippen LogP contribution in [-0.2, 0) is 27.0 Å². The molecule has 0 saturated carbocycles. The molecule has 55 heavy (non-hydrogen) atoms. The van der Waals surface area contributed by atoms with Crippen LogP contribution in [0.4, 0.5) is 0 Å². The van der Waals surface area contributed by atoms with Crippen LogP contribution in [0.25, 0.3) is 0 Å². The number of rotatable bonds is 9. The first kappa shape index (κ1) is 40.5. The Labute approximate surface area is 338 Å². The van der Waals surface area contributed by atoms with Gasteiger partial charge in [-0.1, -0.05) is 0 Å². The predicted molar refractivity (Wildman–Crippen MR) is 235 cm³/mol. The number of hydrogen-bond donors (Lipinski definition) is 0. The molecule has 6 aromatic rings. The van der Waals surface area contributed by atoms with E-state index in [1.165, 1.54) is 100 Å². The molecule has 0 radical (unpaired) electrons. The third-order valence-corrected chi connectivity index (χ3v) is 19.8. The van der Waals surface area contributed by atoms with Gasteiger partial charge in [0.25, 0.3) is 0 Å². The van der Waals surface area contributed by atoms with Crippen molar-refractivity contribution < 1.29 is 14.1 Å². The van der Waals surface area contributed by atoms with Gasteiger partial charge >= 0.3 is 340 Å². The summed E-state index contributed by atoms with van der Waals surface area (Å²) in [6.07, 6.45) is 0. The molecule has 6 aromatic carbocycles. The van der Waals surface area contributed by atoms with Gasteiger partial charge in [0, 0.05) is 0 Å². The van der Waals surface area contributed by atoms with Crippen molar-refractivity contribution in [2.75, 3.05) is 0 Å². The Balaban J connectivity index is 2.03. The summed E-state index contributed by atoms with van der Waals surface area (Å²) >= 11 is -2.32. The minimum absolute atomic E-state index is 0.381. The van der Waals surface area contributed by atoms with E-state index < -0.39 is 14.1 Å². The molecule has 0 aromatic heterocycles. The van der Waals surface area contributed by atoms with Crippen molar-refractivity contribution in [1.82, 2.24) is 0 Å². The second kappa shape index (κ2) is 15.1. The molecule has 0 spiro atoms. The van der Waals surface area contributed by atoms with E-state index in [2.05, 4.69) is 213 Å². The number of benzene rings is 6. The topological polar surface area (TPSA) is 0 Å². The second-order valence-electron chi connectivity index (χ2n) is 16.9. The Morgan fingerprint density at radius 3 is 0.545 bits per heavy atom. The average molecular weight is 764 g/mol. The van der Waals surface area contributed by atoms with Crippen molar-refractivity contribution in [3.63, 3.8) is 0 Å². The van der Waals surface area contributed by atoms with Gasteiger partial charge in [0.1, 0.15) is 0 Å². The zero-order chi connectivity index (χ0) is 40.2. The zero-order valence-corrected chi connectivity index (χ0v) is 37.6. The first-order valence-electron chi connectivity index (χ1n) is 20.1. The fourth-order valence-corrected chi connectivity index (χ4v) is 17.9. The Kier molecular flexibility index (Phi) is 11.1. The van der Waals surface area contributed by atoms with E-state index in [0.717, 1.165) is 0 Å². The van der Waals surface area contributed by atoms with Crippen LogP contribution in [0.15, 0.2) is 109 Å². The molecule has 0 heterocycles. The quantitative estimate of drug-likeness (QED) is 0.138. The van der Waals surface area contributed by atoms with Gasteiger partial charge in [-0.05, 0) is 0 Å². The van der Waals surface area contributed by atoms with E-state index >= 15 is 0 Å². The summed E-state index contributed by atoms with van der Waals surface area (Å²) in [5.74, 6) is 0. The Hall–Kier alpha value is -4.15. The van der Waals surface area contributed by atoms with Crippen LogP contribution < -0.4 is 0 Å². The van der Waals surface area contributed by atoms with Crippen LogP contribution in [0.5, 0.6) is 0 Å². The summed E-state index contributed by atoms with van der Waals surface area (Å²) < 4.78 is -1.14. The predicted octanol–water partition coefficient (Wildman–Crippen LogP) is 14.2. The van der Waals surface area contributed by atoms with Gasteiger partial charge in [0.05, 0.1) is 0 Å². The van der Waals surface area contributed by atoms with Crippen LogP contribution in [0.1, 0.15) is 121 Å². The minimum atomic E-state index is -2.32. The van der Waals surface area contributed by atoms with Gasteiger partial charge in [-0.2, -0.15) is 0 Å². The fraction of sp³-hybridized carbons (Fsp3) is 0.333. The molecule has 0 aliphatic carbocycles. The monoisotopic (exact) mass is 763 g/mol. The standard InChI is InChI=1S/3C18H21.Cr/c3*1-12-8-6-10-17(14(12)3)16(5)18-11-7-9-13(2)15(18)4;/h3*6-11H,1-5H3;. The summed E-state index contributed by atoms with van der Waals surface area (Å²) in [7, 11) is 0. The van der Waals surface area contributed by atoms with Gasteiger partial charge in [0.15, 0.2) is 0 Å². The van der Waals surface area contributed by atoms with Crippen LogP contribution in [0.3, 0.4) is 0 Å². The molecule has 0 amide bonds. The molecule has 1 heteroatoms. The Morgan fingerprint density at radius 2 is 0.400 bits per heavy atom. The van der Waals surface area contributed by atoms with E-state index in [-0.39, 0.29) is 12.8 Å². The SMILES string of the molecule is Cc1cccc([C](C)(c2cccc(C)c2C)[Cr]([C](C)(c2cccc(C)c2C)c2cccc(C)c2C)[C](C)(c2cccc(C)c2C)c2cccc(C)c2C)c1C. The normalized spacial score (nSPS) is 12.4. The van der Waals surface area contributed by atoms with Crippen molar-refractivity contribution in [2.24, 2.45) is 0 Å². The van der Waals surface area contributed by atoms with E-state index in [1.54, 1.807) is 0 Å². The third kappa shape index (κ3) is 6.37. The number of aryl methyl sites for hydroxylation is 6. The van der Waals surface area contributed by atoms with Crippen molar-refractivity contribution in [2.45, 2.75) is 117 Å². The second-order valence-corrected chi connectivity index (χ2v) is 21.7. The molecule has 285 valence electrons. The van der Waals surface area contributed by atoms with Gasteiger partial charge in [-0.15, -0.1) is 0 Å². The molecule has 0 nitrogen and oxygen atoms in total. The van der Waals surface area contributed by atoms with E-state index in [1.807, 2.05) is 0 Å². The summed E-state index contributed by atoms with van der Waals surface area (Å²) in [6.45, 7) is 36.2. The molecule has 0 bridgehead atoms. The summed E-state index contributed by atoms with van der Waals surface area (Å²) in [5, 5.41) is 0. The van der Waals surface area contributed by atoms with Crippen molar-refractivity contribution in [3.8, 4) is 0 Å². The summed E-state index contributed by atoms with van der Waals surface area (Å²) in [6, 6.07) is 42.7. The molecule has 6 rings (SSSR count). The van der Waals surface area contributed by atoms with Crippen LogP contribution in [-0.4, -0.2) is 0 Å². The molecular formula is C54H63Cr. The molecular weight excluding hydrogens is 701 g/mol. The molecule has 0 atom stereocenters. The van der Waals surface area contributed by atoms with Crippen molar-refractivity contribution >= 4 is 0 Å². The van der Waals surface area contributed by atoms with Gasteiger partial charge < -0.3 is 0 Å². The van der Waals surface area contributed by atoms with Crippen LogP contribution in [0.2, 0.25) is 0 Å². The van der Waals surface area contributed by atoms with Gasteiger partial charge in [-0.3, -0.25) is 0 Å². The maximum absolute atomic E-state index is 2.67. The number of hydrogen-bond acceptors (Lipinski definition) is 0. The molecule has 0 fully saturated rings. The van der Waals surface area contributed by atoms with Crippen LogP contribution >= 0.6 is 0 Å². The van der Waals surface area contributed by atoms with Crippen molar-refractivity contribution in [1.29, 1.82) is 0 Å². The summed E-state index contributed by atoms with van der Waals surface area (Å²) in [5.41, 5.74) is 25.2. The first-order valence-corrected chi connectivity index (χ1v) is 22.0. The molecule has 0 aliphatic rings.